The molecule has 8 bridgehead atoms. The molecule has 3 aliphatic heterocycles. The Morgan fingerprint density at radius 3 is 2.26 bits per heavy atom. The van der Waals surface area contributed by atoms with Gasteiger partial charge in [-0.3, -0.25) is 4.90 Å². The van der Waals surface area contributed by atoms with E-state index in [0.29, 0.717) is 47.8 Å². The van der Waals surface area contributed by atoms with Crippen LogP contribution < -0.4 is 5.32 Å². The zero-order valence-electron chi connectivity index (χ0n) is 25.8. The van der Waals surface area contributed by atoms with Crippen LogP contribution in [0.2, 0.25) is 0 Å². The molecule has 3 heterocycles. The molecule has 6 aliphatic rings. The van der Waals surface area contributed by atoms with E-state index in [-0.39, 0.29) is 5.41 Å². The number of allylic oxidation sites excluding steroid dienone is 6. The molecule has 8 unspecified atom stereocenters. The largest absolute Gasteiger partial charge is 0.309 e. The van der Waals surface area contributed by atoms with E-state index in [1.165, 1.54) is 62.5 Å². The van der Waals surface area contributed by atoms with E-state index in [1.54, 1.807) is 22.3 Å². The molecule has 2 nitrogen and oxygen atoms in total. The van der Waals surface area contributed by atoms with Crippen LogP contribution in [-0.4, -0.2) is 36.1 Å². The van der Waals surface area contributed by atoms with Gasteiger partial charge < -0.3 is 5.32 Å². The van der Waals surface area contributed by atoms with Gasteiger partial charge in [0.15, 0.2) is 0 Å². The first kappa shape index (κ1) is 26.9. The molecule has 0 amide bonds. The second kappa shape index (κ2) is 10.5. The second-order valence-electron chi connectivity index (χ2n) is 14.4. The van der Waals surface area contributed by atoms with E-state index < -0.39 is 0 Å². The van der Waals surface area contributed by atoms with Crippen LogP contribution in [0.5, 0.6) is 0 Å². The monoisotopic (exact) mass is 556 g/mol. The summed E-state index contributed by atoms with van der Waals surface area (Å²) < 4.78 is 0. The molecule has 3 aliphatic carbocycles. The summed E-state index contributed by atoms with van der Waals surface area (Å²) in [7, 11) is 2.49. The molecule has 8 rings (SSSR count). The second-order valence-corrected chi connectivity index (χ2v) is 14.4. The van der Waals surface area contributed by atoms with E-state index in [4.69, 9.17) is 0 Å². The average Bonchev–Trinajstić information content (AvgIpc) is 3.32. The highest BCUT2D eigenvalue weighted by Gasteiger charge is 2.57. The molecular weight excluding hydrogens is 508 g/mol. The summed E-state index contributed by atoms with van der Waals surface area (Å²) >= 11 is 0. The van der Waals surface area contributed by atoms with E-state index in [0.717, 1.165) is 0 Å². The Bertz CT molecular complexity index is 1430. The quantitative estimate of drug-likeness (QED) is 0.349. The fraction of sp³-hybridized carbons (Fsp3) is 0.500. The molecule has 2 aromatic rings. The molecular formula is C40H48N2. The number of hydrogen-bond acceptors (Lipinski definition) is 2. The number of nitrogens with one attached hydrogen (secondary N) is 1. The van der Waals surface area contributed by atoms with Gasteiger partial charge in [-0.15, -0.1) is 0 Å². The van der Waals surface area contributed by atoms with Crippen molar-refractivity contribution in [3.63, 3.8) is 0 Å². The van der Waals surface area contributed by atoms with Crippen LogP contribution in [0.15, 0.2) is 96.1 Å². The Morgan fingerprint density at radius 1 is 0.762 bits per heavy atom. The molecule has 1 N–H and O–H groups in total. The Balaban J connectivity index is 1.34. The van der Waals surface area contributed by atoms with Gasteiger partial charge in [-0.25, -0.2) is 0 Å². The number of piperidine rings is 2. The third-order valence-electron chi connectivity index (χ3n) is 12.7. The minimum absolute atomic E-state index is 0.0621. The number of rotatable bonds is 0. The fourth-order valence-electron chi connectivity index (χ4n) is 10.6. The summed E-state index contributed by atoms with van der Waals surface area (Å²) in [5, 5.41) is 4.47. The number of likely N-dealkylation sites (N-methyl/N-ethyl adjacent to an activating group) is 1. The maximum atomic E-state index is 4.47. The highest BCUT2D eigenvalue weighted by molar-refractivity contribution is 5.82. The molecule has 2 heteroatoms. The van der Waals surface area contributed by atoms with E-state index >= 15 is 0 Å². The van der Waals surface area contributed by atoms with Gasteiger partial charge in [0.2, 0.25) is 0 Å². The van der Waals surface area contributed by atoms with Gasteiger partial charge >= 0.3 is 0 Å². The highest BCUT2D eigenvalue weighted by atomic mass is 15.2. The Labute approximate surface area is 253 Å². The van der Waals surface area contributed by atoms with Crippen molar-refractivity contribution < 1.29 is 0 Å². The Kier molecular flexibility index (Phi) is 6.72. The van der Waals surface area contributed by atoms with Crippen molar-refractivity contribution in [3.05, 3.63) is 107 Å². The lowest BCUT2D eigenvalue weighted by molar-refractivity contribution is 0.0513. The van der Waals surface area contributed by atoms with Gasteiger partial charge in [-0.2, -0.15) is 0 Å². The van der Waals surface area contributed by atoms with Crippen molar-refractivity contribution in [1.82, 2.24) is 10.2 Å². The fourth-order valence-corrected chi connectivity index (χ4v) is 10.6. The van der Waals surface area contributed by atoms with Gasteiger partial charge in [-0.05, 0) is 103 Å². The average molecular weight is 557 g/mol. The van der Waals surface area contributed by atoms with Gasteiger partial charge in [0.25, 0.3) is 0 Å². The van der Waals surface area contributed by atoms with Crippen LogP contribution in [0.25, 0.3) is 11.1 Å². The Morgan fingerprint density at radius 2 is 1.48 bits per heavy atom. The summed E-state index contributed by atoms with van der Waals surface area (Å²) in [6, 6.07) is 20.8. The Hall–Kier alpha value is -2.68. The SMILES string of the molecule is CC1C2=CC=CC1CCC1=CC=CC(C3CCCC(N3)C3(c4ccccc4-c4ccccc43)C3CCCC2N3C)C1C. The molecule has 8 atom stereocenters. The molecule has 0 saturated carbocycles. The maximum absolute atomic E-state index is 4.47. The summed E-state index contributed by atoms with van der Waals surface area (Å²) in [6.45, 7) is 5.05. The summed E-state index contributed by atoms with van der Waals surface area (Å²) in [5.41, 5.74) is 9.36. The molecule has 42 heavy (non-hydrogen) atoms. The van der Waals surface area contributed by atoms with Crippen LogP contribution in [0.3, 0.4) is 0 Å². The van der Waals surface area contributed by atoms with E-state index in [9.17, 15) is 0 Å². The molecule has 2 aromatic carbocycles. The van der Waals surface area contributed by atoms with Crippen LogP contribution in [-0.2, 0) is 5.41 Å². The number of benzene rings is 2. The number of nitrogens with zero attached hydrogens (tertiary/aromatic N) is 1. The highest BCUT2D eigenvalue weighted by Crippen LogP contribution is 2.57. The van der Waals surface area contributed by atoms with Gasteiger partial charge in [0.1, 0.15) is 0 Å². The molecule has 3 saturated heterocycles. The minimum atomic E-state index is -0.0621. The number of fused-ring (bicyclic) bond motifs is 17. The lowest BCUT2D eigenvalue weighted by Crippen LogP contribution is -2.65. The summed E-state index contributed by atoms with van der Waals surface area (Å²) in [4.78, 5) is 2.87. The molecule has 0 radical (unpaired) electrons. The standard InChI is InChI=1S/C40H48N2/c1-26-28-12-8-16-30(26)36-20-10-22-38(41-36)40(34-18-6-4-14-32(34)33-15-5-7-19-35(33)40)39-23-11-21-37(42(39)3)31-17-9-13-29(25-24-28)27(31)2/h4-9,12-19,26-27,29-30,36-39,41H,10-11,20-25H2,1-3H3. The predicted molar refractivity (Wildman–Crippen MR) is 175 cm³/mol. The first-order valence-electron chi connectivity index (χ1n) is 17.0. The maximum Gasteiger partial charge on any atom is 0.0523 e. The molecule has 3 fully saturated rings. The first-order chi connectivity index (χ1) is 20.6. The van der Waals surface area contributed by atoms with Gasteiger partial charge in [0, 0.05) is 24.2 Å². The van der Waals surface area contributed by atoms with E-state index in [2.05, 4.69) is 116 Å². The van der Waals surface area contributed by atoms with Crippen molar-refractivity contribution in [3.8, 4) is 11.1 Å². The molecule has 1 spiro atoms. The predicted octanol–water partition coefficient (Wildman–Crippen LogP) is 8.61. The topological polar surface area (TPSA) is 15.3 Å². The zero-order valence-corrected chi connectivity index (χ0v) is 25.8. The van der Waals surface area contributed by atoms with E-state index in [1.807, 2.05) is 0 Å². The third kappa shape index (κ3) is 3.90. The van der Waals surface area contributed by atoms with Gasteiger partial charge in [-0.1, -0.05) is 111 Å². The van der Waals surface area contributed by atoms with Gasteiger partial charge in [0.05, 0.1) is 5.41 Å². The smallest absolute Gasteiger partial charge is 0.0523 e. The minimum Gasteiger partial charge on any atom is -0.309 e. The normalized spacial score (nSPS) is 36.7. The summed E-state index contributed by atoms with van der Waals surface area (Å²) in [6.07, 6.45) is 25.0. The van der Waals surface area contributed by atoms with Crippen molar-refractivity contribution in [2.24, 2.45) is 23.7 Å². The van der Waals surface area contributed by atoms with Crippen LogP contribution in [0, 0.1) is 23.7 Å². The first-order valence-corrected chi connectivity index (χ1v) is 17.0. The zero-order chi connectivity index (χ0) is 28.4. The van der Waals surface area contributed by atoms with Crippen molar-refractivity contribution in [2.75, 3.05) is 7.05 Å². The molecule has 218 valence electrons. The number of hydrogen-bond donors (Lipinski definition) is 1. The molecule has 0 aromatic heterocycles. The van der Waals surface area contributed by atoms with Crippen LogP contribution in [0.4, 0.5) is 0 Å². The summed E-state index contributed by atoms with van der Waals surface area (Å²) in [5.74, 6) is 2.37. The van der Waals surface area contributed by atoms with Crippen LogP contribution in [0.1, 0.15) is 76.3 Å². The van der Waals surface area contributed by atoms with Crippen molar-refractivity contribution in [2.45, 2.75) is 94.8 Å². The van der Waals surface area contributed by atoms with Crippen molar-refractivity contribution >= 4 is 0 Å². The van der Waals surface area contributed by atoms with Crippen molar-refractivity contribution in [1.29, 1.82) is 0 Å². The lowest BCUT2D eigenvalue weighted by Gasteiger charge is -2.56. The lowest BCUT2D eigenvalue weighted by atomic mass is 9.61. The van der Waals surface area contributed by atoms with Crippen LogP contribution >= 0.6 is 0 Å². The third-order valence-corrected chi connectivity index (χ3v) is 12.7.